The molecular weight excluding hydrogens is 360 g/mol. The van der Waals surface area contributed by atoms with Crippen molar-refractivity contribution >= 4 is 0 Å². The molecule has 0 saturated carbocycles. The number of methoxy groups -OCH3 is 2. The second-order valence-electron chi connectivity index (χ2n) is 7.15. The Morgan fingerprint density at radius 1 is 0.586 bits per heavy atom. The Morgan fingerprint density at radius 2 is 1.24 bits per heavy atom. The summed E-state index contributed by atoms with van der Waals surface area (Å²) < 4.78 is 16.6. The molecule has 0 radical (unpaired) electrons. The molecule has 0 saturated heterocycles. The van der Waals surface area contributed by atoms with Crippen molar-refractivity contribution in [2.24, 2.45) is 0 Å². The molecule has 152 valence electrons. The molecule has 0 atom stereocenters. The highest BCUT2D eigenvalue weighted by Gasteiger charge is 2.05. The van der Waals surface area contributed by atoms with Crippen LogP contribution in [0.4, 0.5) is 0 Å². The third-order valence-electron chi connectivity index (χ3n) is 5.05. The molecule has 0 spiro atoms. The van der Waals surface area contributed by atoms with Crippen LogP contribution in [-0.4, -0.2) is 14.2 Å². The molecule has 3 aromatic rings. The molecule has 3 nitrogen and oxygen atoms in total. The third-order valence-corrected chi connectivity index (χ3v) is 5.05. The predicted molar refractivity (Wildman–Crippen MR) is 118 cm³/mol. The average Bonchev–Trinajstić information content (AvgIpc) is 2.77. The first-order chi connectivity index (χ1) is 14.3. The van der Waals surface area contributed by atoms with Crippen LogP contribution in [0.25, 0.3) is 0 Å². The molecule has 0 N–H and O–H groups in total. The fraction of sp³-hybridized carbons (Fsp3) is 0.308. The van der Waals surface area contributed by atoms with E-state index in [-0.39, 0.29) is 0 Å². The normalized spacial score (nSPS) is 10.6. The zero-order valence-electron chi connectivity index (χ0n) is 17.4. The summed E-state index contributed by atoms with van der Waals surface area (Å²) in [5.74, 6) is 3.59. The molecule has 0 fully saturated rings. The first-order valence-electron chi connectivity index (χ1n) is 10.3. The minimum absolute atomic E-state index is 0.868. The van der Waals surface area contributed by atoms with Gasteiger partial charge in [0, 0.05) is 0 Å². The zero-order chi connectivity index (χ0) is 20.3. The molecule has 0 amide bonds. The molecule has 0 aliphatic heterocycles. The van der Waals surface area contributed by atoms with Gasteiger partial charge in [0.2, 0.25) is 0 Å². The molecule has 3 aromatic carbocycles. The fourth-order valence-corrected chi connectivity index (χ4v) is 3.42. The number of hydrogen-bond donors (Lipinski definition) is 0. The van der Waals surface area contributed by atoms with Gasteiger partial charge in [-0.3, -0.25) is 0 Å². The summed E-state index contributed by atoms with van der Waals surface area (Å²) >= 11 is 0. The fourth-order valence-electron chi connectivity index (χ4n) is 3.42. The quantitative estimate of drug-likeness (QED) is 0.335. The molecule has 29 heavy (non-hydrogen) atoms. The number of para-hydroxylation sites is 1. The van der Waals surface area contributed by atoms with Gasteiger partial charge in [-0.05, 0) is 79.3 Å². The number of hydrogen-bond acceptors (Lipinski definition) is 3. The van der Waals surface area contributed by atoms with Crippen molar-refractivity contribution in [1.82, 2.24) is 0 Å². The Morgan fingerprint density at radius 3 is 1.93 bits per heavy atom. The molecule has 3 rings (SSSR count). The minimum atomic E-state index is 0.868. The van der Waals surface area contributed by atoms with Crippen molar-refractivity contribution in [3.63, 3.8) is 0 Å². The van der Waals surface area contributed by atoms with Crippen LogP contribution in [-0.2, 0) is 12.8 Å². The van der Waals surface area contributed by atoms with Gasteiger partial charge in [0.15, 0.2) is 0 Å². The Kier molecular flexibility index (Phi) is 8.00. The van der Waals surface area contributed by atoms with E-state index in [0.29, 0.717) is 0 Å². The van der Waals surface area contributed by atoms with Gasteiger partial charge in [-0.2, -0.15) is 0 Å². The van der Waals surface area contributed by atoms with Crippen LogP contribution in [0.3, 0.4) is 0 Å². The standard InChI is InChI=1S/C26H30O3/c1-27-25-18-19-26(28-2)22(20-25)11-7-4-3-6-10-21-14-16-24(17-15-21)29-23-12-8-5-9-13-23/h5,8-9,12-20H,3-4,6-7,10-11H2,1-2H3. The summed E-state index contributed by atoms with van der Waals surface area (Å²) in [6.45, 7) is 0. The summed E-state index contributed by atoms with van der Waals surface area (Å²) in [5, 5.41) is 0. The van der Waals surface area contributed by atoms with E-state index >= 15 is 0 Å². The van der Waals surface area contributed by atoms with Crippen LogP contribution in [0, 0.1) is 0 Å². The van der Waals surface area contributed by atoms with Crippen LogP contribution in [0.5, 0.6) is 23.0 Å². The van der Waals surface area contributed by atoms with Crippen molar-refractivity contribution in [1.29, 1.82) is 0 Å². The molecule has 0 unspecified atom stereocenters. The number of ether oxygens (including phenoxy) is 3. The average molecular weight is 391 g/mol. The number of aryl methyl sites for hydroxylation is 2. The second-order valence-corrected chi connectivity index (χ2v) is 7.15. The first kappa shape index (κ1) is 20.8. The van der Waals surface area contributed by atoms with Crippen molar-refractivity contribution in [2.45, 2.75) is 38.5 Å². The van der Waals surface area contributed by atoms with Gasteiger partial charge in [0.05, 0.1) is 14.2 Å². The first-order valence-corrected chi connectivity index (χ1v) is 10.3. The van der Waals surface area contributed by atoms with E-state index in [1.165, 1.54) is 30.4 Å². The van der Waals surface area contributed by atoms with Gasteiger partial charge < -0.3 is 14.2 Å². The van der Waals surface area contributed by atoms with Gasteiger partial charge >= 0.3 is 0 Å². The summed E-state index contributed by atoms with van der Waals surface area (Å²) in [5.41, 5.74) is 2.58. The highest BCUT2D eigenvalue weighted by atomic mass is 16.5. The van der Waals surface area contributed by atoms with E-state index in [9.17, 15) is 0 Å². The van der Waals surface area contributed by atoms with Gasteiger partial charge in [-0.1, -0.05) is 43.2 Å². The predicted octanol–water partition coefficient (Wildman–Crippen LogP) is 6.84. The second kappa shape index (κ2) is 11.2. The lowest BCUT2D eigenvalue weighted by atomic mass is 10.0. The number of benzene rings is 3. The van der Waals surface area contributed by atoms with Crippen LogP contribution < -0.4 is 14.2 Å². The highest BCUT2D eigenvalue weighted by molar-refractivity contribution is 5.40. The van der Waals surface area contributed by atoms with Crippen molar-refractivity contribution in [2.75, 3.05) is 14.2 Å². The maximum atomic E-state index is 5.85. The van der Waals surface area contributed by atoms with Crippen LogP contribution in [0.2, 0.25) is 0 Å². The van der Waals surface area contributed by atoms with Crippen molar-refractivity contribution < 1.29 is 14.2 Å². The smallest absolute Gasteiger partial charge is 0.127 e. The largest absolute Gasteiger partial charge is 0.497 e. The Bertz CT molecular complexity index is 857. The molecule has 0 bridgehead atoms. The molecule has 3 heteroatoms. The number of unbranched alkanes of at least 4 members (excludes halogenated alkanes) is 3. The molecule has 0 heterocycles. The van der Waals surface area contributed by atoms with E-state index in [1.807, 2.05) is 42.5 Å². The minimum Gasteiger partial charge on any atom is -0.497 e. The zero-order valence-corrected chi connectivity index (χ0v) is 17.4. The Balaban J connectivity index is 1.36. The lowest BCUT2D eigenvalue weighted by Gasteiger charge is -2.10. The van der Waals surface area contributed by atoms with Crippen LogP contribution in [0.15, 0.2) is 72.8 Å². The van der Waals surface area contributed by atoms with Crippen LogP contribution >= 0.6 is 0 Å². The van der Waals surface area contributed by atoms with E-state index in [1.54, 1.807) is 14.2 Å². The molecule has 0 aromatic heterocycles. The summed E-state index contributed by atoms with van der Waals surface area (Å²) in [6, 6.07) is 24.3. The van der Waals surface area contributed by atoms with Crippen molar-refractivity contribution in [3.8, 4) is 23.0 Å². The molecule has 0 aliphatic rings. The topological polar surface area (TPSA) is 27.7 Å². The highest BCUT2D eigenvalue weighted by Crippen LogP contribution is 2.26. The van der Waals surface area contributed by atoms with Gasteiger partial charge in [0.1, 0.15) is 23.0 Å². The van der Waals surface area contributed by atoms with Gasteiger partial charge in [0.25, 0.3) is 0 Å². The Labute approximate surface area is 174 Å². The molecule has 0 aliphatic carbocycles. The number of rotatable bonds is 11. The van der Waals surface area contributed by atoms with E-state index in [0.717, 1.165) is 42.3 Å². The Hall–Kier alpha value is -2.94. The maximum Gasteiger partial charge on any atom is 0.127 e. The lowest BCUT2D eigenvalue weighted by molar-refractivity contribution is 0.398. The lowest BCUT2D eigenvalue weighted by Crippen LogP contribution is -1.94. The third kappa shape index (κ3) is 6.56. The van der Waals surface area contributed by atoms with E-state index < -0.39 is 0 Å². The molecular formula is C26H30O3. The van der Waals surface area contributed by atoms with Crippen LogP contribution in [0.1, 0.15) is 36.8 Å². The monoisotopic (exact) mass is 390 g/mol. The van der Waals surface area contributed by atoms with Gasteiger partial charge in [-0.15, -0.1) is 0 Å². The van der Waals surface area contributed by atoms with Crippen molar-refractivity contribution in [3.05, 3.63) is 83.9 Å². The SMILES string of the molecule is COc1ccc(OC)c(CCCCCCc2ccc(Oc3ccccc3)cc2)c1. The van der Waals surface area contributed by atoms with Gasteiger partial charge in [-0.25, -0.2) is 0 Å². The maximum absolute atomic E-state index is 5.85. The summed E-state index contributed by atoms with van der Waals surface area (Å²) in [7, 11) is 3.42. The summed E-state index contributed by atoms with van der Waals surface area (Å²) in [4.78, 5) is 0. The summed E-state index contributed by atoms with van der Waals surface area (Å²) in [6.07, 6.45) is 6.94. The van der Waals surface area contributed by atoms with E-state index in [4.69, 9.17) is 14.2 Å². The van der Waals surface area contributed by atoms with E-state index in [2.05, 4.69) is 30.3 Å².